The first kappa shape index (κ1) is 13.5. The fourth-order valence-electron chi connectivity index (χ4n) is 1.43. The van der Waals surface area contributed by atoms with E-state index in [9.17, 15) is 13.6 Å². The van der Waals surface area contributed by atoms with Crippen LogP contribution in [0.4, 0.5) is 8.78 Å². The van der Waals surface area contributed by atoms with Gasteiger partial charge in [0.1, 0.15) is 17.3 Å². The van der Waals surface area contributed by atoms with Gasteiger partial charge in [0.2, 0.25) is 0 Å². The highest BCUT2D eigenvalue weighted by Crippen LogP contribution is 2.25. The third-order valence-electron chi connectivity index (χ3n) is 2.33. The Bertz CT molecular complexity index is 619. The lowest BCUT2D eigenvalue weighted by Gasteiger charge is -2.04. The van der Waals surface area contributed by atoms with Gasteiger partial charge < -0.3 is 5.11 Å². The summed E-state index contributed by atoms with van der Waals surface area (Å²) in [7, 11) is 0. The molecule has 1 aromatic carbocycles. The van der Waals surface area contributed by atoms with E-state index in [0.29, 0.717) is 16.2 Å². The molecular formula is C13H9F2NO2S. The predicted molar refractivity (Wildman–Crippen MR) is 67.1 cm³/mol. The highest BCUT2D eigenvalue weighted by Gasteiger charge is 2.07. The Morgan fingerprint density at radius 3 is 2.74 bits per heavy atom. The SMILES string of the molecule is O=C(O)c1cc(CSc2ccc(F)cc2F)ccn1. The average Bonchev–Trinajstić information content (AvgIpc) is 2.38. The van der Waals surface area contributed by atoms with E-state index in [2.05, 4.69) is 4.98 Å². The van der Waals surface area contributed by atoms with Gasteiger partial charge in [0.05, 0.1) is 0 Å². The number of benzene rings is 1. The zero-order valence-corrected chi connectivity index (χ0v) is 10.5. The maximum Gasteiger partial charge on any atom is 0.354 e. The molecule has 0 saturated heterocycles. The minimum atomic E-state index is -1.11. The average molecular weight is 281 g/mol. The molecule has 6 heteroatoms. The number of hydrogen-bond acceptors (Lipinski definition) is 3. The second kappa shape index (κ2) is 5.79. The van der Waals surface area contributed by atoms with Crippen LogP contribution < -0.4 is 0 Å². The van der Waals surface area contributed by atoms with Crippen molar-refractivity contribution in [2.45, 2.75) is 10.6 Å². The number of thioether (sulfide) groups is 1. The van der Waals surface area contributed by atoms with E-state index in [1.54, 1.807) is 6.07 Å². The summed E-state index contributed by atoms with van der Waals surface area (Å²) in [4.78, 5) is 14.8. The summed E-state index contributed by atoms with van der Waals surface area (Å²) in [6, 6.07) is 6.43. The highest BCUT2D eigenvalue weighted by atomic mass is 32.2. The van der Waals surface area contributed by atoms with Gasteiger partial charge >= 0.3 is 5.97 Å². The predicted octanol–water partition coefficient (Wildman–Crippen LogP) is 3.35. The molecule has 0 amide bonds. The molecule has 0 aliphatic carbocycles. The van der Waals surface area contributed by atoms with E-state index >= 15 is 0 Å². The third kappa shape index (κ3) is 3.51. The first-order valence-electron chi connectivity index (χ1n) is 5.32. The first-order chi connectivity index (χ1) is 9.06. The van der Waals surface area contributed by atoms with E-state index in [0.717, 1.165) is 6.07 Å². The molecule has 2 aromatic rings. The van der Waals surface area contributed by atoms with Crippen LogP contribution in [0.25, 0.3) is 0 Å². The zero-order valence-electron chi connectivity index (χ0n) is 9.64. The zero-order chi connectivity index (χ0) is 13.8. The quantitative estimate of drug-likeness (QED) is 0.873. The molecular weight excluding hydrogens is 272 g/mol. The highest BCUT2D eigenvalue weighted by molar-refractivity contribution is 7.98. The Balaban J connectivity index is 2.10. The summed E-state index contributed by atoms with van der Waals surface area (Å²) in [5, 5.41) is 8.80. The number of nitrogens with zero attached hydrogens (tertiary/aromatic N) is 1. The van der Waals surface area contributed by atoms with Crippen molar-refractivity contribution < 1.29 is 18.7 Å². The molecule has 1 N–H and O–H groups in total. The molecule has 0 aliphatic rings. The van der Waals surface area contributed by atoms with Crippen molar-refractivity contribution >= 4 is 17.7 Å². The van der Waals surface area contributed by atoms with Crippen molar-refractivity contribution in [1.82, 2.24) is 4.98 Å². The number of carboxylic acid groups (broad SMARTS) is 1. The molecule has 0 unspecified atom stereocenters. The van der Waals surface area contributed by atoms with Gasteiger partial charge in [0, 0.05) is 22.9 Å². The minimum Gasteiger partial charge on any atom is -0.477 e. The summed E-state index contributed by atoms with van der Waals surface area (Å²) in [5.41, 5.74) is 0.652. The van der Waals surface area contributed by atoms with Crippen molar-refractivity contribution in [2.24, 2.45) is 0 Å². The summed E-state index contributed by atoms with van der Waals surface area (Å²) >= 11 is 1.17. The monoisotopic (exact) mass is 281 g/mol. The van der Waals surface area contributed by atoms with Gasteiger partial charge in [-0.15, -0.1) is 11.8 Å². The lowest BCUT2D eigenvalue weighted by molar-refractivity contribution is 0.0690. The van der Waals surface area contributed by atoms with E-state index in [1.165, 1.54) is 36.2 Å². The summed E-state index contributed by atoms with van der Waals surface area (Å²) in [5.74, 6) is -1.98. The summed E-state index contributed by atoms with van der Waals surface area (Å²) < 4.78 is 26.1. The smallest absolute Gasteiger partial charge is 0.354 e. The van der Waals surface area contributed by atoms with E-state index in [4.69, 9.17) is 5.11 Å². The molecule has 98 valence electrons. The van der Waals surface area contributed by atoms with Gasteiger partial charge in [-0.3, -0.25) is 0 Å². The molecule has 0 atom stereocenters. The standard InChI is InChI=1S/C13H9F2NO2S/c14-9-1-2-12(10(15)6-9)19-7-8-3-4-16-11(5-8)13(17)18/h1-6H,7H2,(H,17,18). The number of hydrogen-bond donors (Lipinski definition) is 1. The van der Waals surface area contributed by atoms with E-state index in [1.807, 2.05) is 0 Å². The van der Waals surface area contributed by atoms with Gasteiger partial charge in [0.25, 0.3) is 0 Å². The molecule has 0 saturated carbocycles. The normalized spacial score (nSPS) is 10.4. The van der Waals surface area contributed by atoms with Gasteiger partial charge in [-0.25, -0.2) is 18.6 Å². The van der Waals surface area contributed by atoms with Crippen LogP contribution in [-0.4, -0.2) is 16.1 Å². The van der Waals surface area contributed by atoms with Crippen molar-refractivity contribution in [1.29, 1.82) is 0 Å². The Morgan fingerprint density at radius 1 is 1.26 bits per heavy atom. The molecule has 0 radical (unpaired) electrons. The van der Waals surface area contributed by atoms with Crippen molar-refractivity contribution in [3.63, 3.8) is 0 Å². The topological polar surface area (TPSA) is 50.2 Å². The Morgan fingerprint density at radius 2 is 2.05 bits per heavy atom. The second-order valence-corrected chi connectivity index (χ2v) is 4.74. The van der Waals surface area contributed by atoms with Crippen LogP contribution >= 0.6 is 11.8 Å². The van der Waals surface area contributed by atoms with Gasteiger partial charge in [0.15, 0.2) is 0 Å². The van der Waals surface area contributed by atoms with Gasteiger partial charge in [-0.2, -0.15) is 0 Å². The molecule has 0 spiro atoms. The van der Waals surface area contributed by atoms with Crippen LogP contribution in [0.1, 0.15) is 16.1 Å². The van der Waals surface area contributed by atoms with Crippen molar-refractivity contribution in [2.75, 3.05) is 0 Å². The molecule has 0 aliphatic heterocycles. The molecule has 3 nitrogen and oxygen atoms in total. The molecule has 0 bridgehead atoms. The van der Waals surface area contributed by atoms with Crippen molar-refractivity contribution in [3.05, 3.63) is 59.4 Å². The lowest BCUT2D eigenvalue weighted by atomic mass is 10.2. The molecule has 2 rings (SSSR count). The third-order valence-corrected chi connectivity index (χ3v) is 3.45. The van der Waals surface area contributed by atoms with Crippen molar-refractivity contribution in [3.8, 4) is 0 Å². The number of halogens is 2. The fourth-order valence-corrected chi connectivity index (χ4v) is 2.30. The number of aromatic nitrogens is 1. The number of carboxylic acids is 1. The maximum absolute atomic E-state index is 13.4. The number of pyridine rings is 1. The minimum absolute atomic E-state index is 0.0577. The fraction of sp³-hybridized carbons (Fsp3) is 0.0769. The van der Waals surface area contributed by atoms with Gasteiger partial charge in [-0.1, -0.05) is 0 Å². The number of rotatable bonds is 4. The Kier molecular flexibility index (Phi) is 4.11. The molecule has 1 aromatic heterocycles. The van der Waals surface area contributed by atoms with Crippen LogP contribution in [0.3, 0.4) is 0 Å². The summed E-state index contributed by atoms with van der Waals surface area (Å²) in [6.45, 7) is 0. The maximum atomic E-state index is 13.4. The van der Waals surface area contributed by atoms with Gasteiger partial charge in [-0.05, 0) is 29.8 Å². The van der Waals surface area contributed by atoms with Crippen LogP contribution in [-0.2, 0) is 5.75 Å². The van der Waals surface area contributed by atoms with Crippen LogP contribution in [0.5, 0.6) is 0 Å². The largest absolute Gasteiger partial charge is 0.477 e. The molecule has 19 heavy (non-hydrogen) atoms. The lowest BCUT2D eigenvalue weighted by Crippen LogP contribution is -2.00. The number of aromatic carboxylic acids is 1. The van der Waals surface area contributed by atoms with Crippen LogP contribution in [0, 0.1) is 11.6 Å². The Labute approximate surface area is 112 Å². The first-order valence-corrected chi connectivity index (χ1v) is 6.31. The molecule has 1 heterocycles. The second-order valence-electron chi connectivity index (χ2n) is 3.72. The summed E-state index contributed by atoms with van der Waals surface area (Å²) in [6.07, 6.45) is 1.39. The van der Waals surface area contributed by atoms with Crippen LogP contribution in [0.2, 0.25) is 0 Å². The van der Waals surface area contributed by atoms with E-state index < -0.39 is 17.6 Å². The van der Waals surface area contributed by atoms with E-state index in [-0.39, 0.29) is 5.69 Å². The van der Waals surface area contributed by atoms with Crippen LogP contribution in [0.15, 0.2) is 41.4 Å². The Hall–Kier alpha value is -1.95. The molecule has 0 fully saturated rings. The number of carbonyl (C=O) groups is 1.